The van der Waals surface area contributed by atoms with Crippen LogP contribution in [0.25, 0.3) is 0 Å². The van der Waals surface area contributed by atoms with Crippen LogP contribution in [0.15, 0.2) is 41.1 Å². The molecule has 0 bridgehead atoms. The number of esters is 1. The highest BCUT2D eigenvalue weighted by atomic mass is 16.5. The second-order valence-electron chi connectivity index (χ2n) is 9.29. The van der Waals surface area contributed by atoms with Crippen LogP contribution in [0, 0.1) is 5.92 Å². The Morgan fingerprint density at radius 1 is 1.31 bits per heavy atom. The molecule has 35 heavy (non-hydrogen) atoms. The zero-order valence-corrected chi connectivity index (χ0v) is 19.4. The molecule has 1 amide bonds. The number of carbonyl (C=O) groups is 3. The highest BCUT2D eigenvalue weighted by molar-refractivity contribution is 6.02. The van der Waals surface area contributed by atoms with E-state index >= 15 is 0 Å². The number of aromatic nitrogens is 1. The molecular formula is C25H29N5O5. The fraction of sp³-hybridized carbons (Fsp3) is 0.480. The molecule has 1 aromatic rings. The Hall–Kier alpha value is -3.69. The lowest BCUT2D eigenvalue weighted by Crippen LogP contribution is -2.38. The molecule has 184 valence electrons. The van der Waals surface area contributed by atoms with Crippen LogP contribution in [-0.2, 0) is 14.4 Å². The maximum absolute atomic E-state index is 13.3. The van der Waals surface area contributed by atoms with E-state index in [2.05, 4.69) is 38.8 Å². The monoisotopic (exact) mass is 479 g/mol. The van der Waals surface area contributed by atoms with E-state index in [4.69, 9.17) is 4.74 Å². The van der Waals surface area contributed by atoms with Crippen LogP contribution in [0.3, 0.4) is 0 Å². The van der Waals surface area contributed by atoms with Crippen molar-refractivity contribution >= 4 is 29.5 Å². The van der Waals surface area contributed by atoms with E-state index in [-0.39, 0.29) is 36.6 Å². The smallest absolute Gasteiger partial charge is 0.330 e. The van der Waals surface area contributed by atoms with Gasteiger partial charge in [-0.2, -0.15) is 0 Å². The maximum Gasteiger partial charge on any atom is 0.330 e. The number of amides is 1. The molecule has 3 atom stereocenters. The van der Waals surface area contributed by atoms with Gasteiger partial charge in [0.15, 0.2) is 11.6 Å². The molecule has 4 aliphatic heterocycles. The molecule has 4 aliphatic rings. The third-order valence-corrected chi connectivity index (χ3v) is 6.91. The molecule has 0 aliphatic carbocycles. The first-order chi connectivity index (χ1) is 17.0. The summed E-state index contributed by atoms with van der Waals surface area (Å²) in [6.07, 6.45) is 12.0. The van der Waals surface area contributed by atoms with Gasteiger partial charge in [0.05, 0.1) is 12.5 Å². The fourth-order valence-corrected chi connectivity index (χ4v) is 5.14. The van der Waals surface area contributed by atoms with Gasteiger partial charge in [0.2, 0.25) is 5.91 Å². The number of hydrogen-bond donors (Lipinski definition) is 3. The van der Waals surface area contributed by atoms with Crippen LogP contribution < -0.4 is 15.4 Å². The molecule has 0 saturated carbocycles. The van der Waals surface area contributed by atoms with Crippen LogP contribution in [0.5, 0.6) is 5.75 Å². The van der Waals surface area contributed by atoms with Crippen LogP contribution >= 0.6 is 0 Å². The van der Waals surface area contributed by atoms with Crippen molar-refractivity contribution in [2.75, 3.05) is 25.0 Å². The first-order valence-electron chi connectivity index (χ1n) is 12.1. The number of carbonyl (C=O) groups excluding carboxylic acids is 2. The number of aliphatic imine (C=N–C) groups is 1. The predicted molar refractivity (Wildman–Crippen MR) is 128 cm³/mol. The summed E-state index contributed by atoms with van der Waals surface area (Å²) in [5.41, 5.74) is 1.70. The number of rotatable bonds is 8. The number of nitrogens with one attached hydrogen (secondary N) is 2. The standard InChI is InChI=1S/C25H29N5O5/c31-21(32)12-19(17-11-20-24(27-13-17)28-14-22(33)35-20)30-10-8-16(25(30)34)3-1-5-18-7-6-15-4-2-9-26-23(15)29-18/h4,6-7,11,13,16,18-19H,1-3,5,8-10,12,14H2,(H,26,29)(H,27,28)(H,31,32). The fourth-order valence-electron chi connectivity index (χ4n) is 5.14. The van der Waals surface area contributed by atoms with Gasteiger partial charge in [0.1, 0.15) is 12.4 Å². The summed E-state index contributed by atoms with van der Waals surface area (Å²) in [5, 5.41) is 15.9. The number of carboxylic acids is 1. The van der Waals surface area contributed by atoms with E-state index in [9.17, 15) is 19.5 Å². The largest absolute Gasteiger partial charge is 0.481 e. The van der Waals surface area contributed by atoms with E-state index in [0.29, 0.717) is 24.3 Å². The summed E-state index contributed by atoms with van der Waals surface area (Å²) in [7, 11) is 0. The highest BCUT2D eigenvalue weighted by Gasteiger charge is 2.38. The van der Waals surface area contributed by atoms with Crippen molar-refractivity contribution in [3.63, 3.8) is 0 Å². The van der Waals surface area contributed by atoms with E-state index in [1.807, 2.05) is 0 Å². The Balaban J connectivity index is 1.22. The summed E-state index contributed by atoms with van der Waals surface area (Å²) < 4.78 is 5.24. The number of amidine groups is 1. The molecule has 1 aromatic heterocycles. The SMILES string of the molecule is O=C(O)CC(c1cnc2c(c1)OC(=O)CN2)N1CCC(CCCC2C=CC3=CCCN=C3N2)C1=O. The van der Waals surface area contributed by atoms with Crippen molar-refractivity contribution in [3.8, 4) is 5.75 Å². The molecule has 1 fully saturated rings. The molecule has 5 rings (SSSR count). The lowest BCUT2D eigenvalue weighted by atomic mass is 9.96. The second-order valence-corrected chi connectivity index (χ2v) is 9.29. The molecule has 3 unspecified atom stereocenters. The highest BCUT2D eigenvalue weighted by Crippen LogP contribution is 2.36. The Morgan fingerprint density at radius 2 is 2.20 bits per heavy atom. The van der Waals surface area contributed by atoms with E-state index < -0.39 is 18.0 Å². The summed E-state index contributed by atoms with van der Waals surface area (Å²) in [6, 6.07) is 1.15. The first-order valence-corrected chi connectivity index (χ1v) is 12.1. The van der Waals surface area contributed by atoms with E-state index in [0.717, 1.165) is 43.6 Å². The number of ether oxygens (including phenoxy) is 1. The van der Waals surface area contributed by atoms with Gasteiger partial charge < -0.3 is 25.4 Å². The molecule has 3 N–H and O–H groups in total. The van der Waals surface area contributed by atoms with Gasteiger partial charge in [-0.15, -0.1) is 0 Å². The van der Waals surface area contributed by atoms with Gasteiger partial charge >= 0.3 is 11.9 Å². The van der Waals surface area contributed by atoms with Crippen LogP contribution in [0.1, 0.15) is 50.1 Å². The Morgan fingerprint density at radius 3 is 3.06 bits per heavy atom. The van der Waals surface area contributed by atoms with Crippen molar-refractivity contribution < 1.29 is 24.2 Å². The lowest BCUT2D eigenvalue weighted by molar-refractivity contribution is -0.140. The first kappa shape index (κ1) is 23.1. The zero-order chi connectivity index (χ0) is 24.4. The minimum absolute atomic E-state index is 0.0295. The minimum atomic E-state index is -1.01. The minimum Gasteiger partial charge on any atom is -0.481 e. The molecule has 1 saturated heterocycles. The van der Waals surface area contributed by atoms with E-state index in [1.165, 1.54) is 0 Å². The van der Waals surface area contributed by atoms with Gasteiger partial charge in [0.25, 0.3) is 0 Å². The zero-order valence-electron chi connectivity index (χ0n) is 19.4. The van der Waals surface area contributed by atoms with Crippen LogP contribution in [-0.4, -0.2) is 64.3 Å². The summed E-state index contributed by atoms with van der Waals surface area (Å²) in [5.74, 6) is 0.0422. The predicted octanol–water partition coefficient (Wildman–Crippen LogP) is 2.20. The number of likely N-dealkylation sites (tertiary alicyclic amines) is 1. The van der Waals surface area contributed by atoms with Crippen LogP contribution in [0.2, 0.25) is 0 Å². The normalized spacial score (nSPS) is 23.8. The van der Waals surface area contributed by atoms with Gasteiger partial charge in [-0.1, -0.05) is 24.6 Å². The lowest BCUT2D eigenvalue weighted by Gasteiger charge is -2.28. The number of carboxylic acid groups (broad SMARTS) is 1. The number of dihydropyridines is 1. The van der Waals surface area contributed by atoms with Crippen LogP contribution in [0.4, 0.5) is 5.82 Å². The van der Waals surface area contributed by atoms with Crippen molar-refractivity contribution in [3.05, 3.63) is 41.6 Å². The Bertz CT molecular complexity index is 1130. The Kier molecular flexibility index (Phi) is 6.52. The molecular weight excluding hydrogens is 450 g/mol. The molecule has 10 heteroatoms. The Labute approximate surface area is 203 Å². The van der Waals surface area contributed by atoms with Gasteiger partial charge in [-0.25, -0.2) is 9.78 Å². The topological polar surface area (TPSA) is 133 Å². The van der Waals surface area contributed by atoms with E-state index in [1.54, 1.807) is 17.2 Å². The number of pyridine rings is 1. The number of aliphatic carboxylic acids is 1. The van der Waals surface area contributed by atoms with Crippen molar-refractivity contribution in [1.82, 2.24) is 15.2 Å². The molecule has 0 radical (unpaired) electrons. The third kappa shape index (κ3) is 5.06. The summed E-state index contributed by atoms with van der Waals surface area (Å²) >= 11 is 0. The van der Waals surface area contributed by atoms with Crippen molar-refractivity contribution in [1.29, 1.82) is 0 Å². The summed E-state index contributed by atoms with van der Waals surface area (Å²) in [4.78, 5) is 47.0. The average Bonchev–Trinajstić information content (AvgIpc) is 3.21. The third-order valence-electron chi connectivity index (χ3n) is 6.91. The number of nitrogens with zero attached hydrogens (tertiary/aromatic N) is 3. The van der Waals surface area contributed by atoms with Gasteiger partial charge in [-0.05, 0) is 37.3 Å². The molecule has 5 heterocycles. The molecule has 10 nitrogen and oxygen atoms in total. The van der Waals surface area contributed by atoms with Crippen molar-refractivity contribution in [2.45, 2.75) is 50.6 Å². The molecule has 0 aromatic carbocycles. The second kappa shape index (κ2) is 9.89. The summed E-state index contributed by atoms with van der Waals surface area (Å²) in [6.45, 7) is 1.33. The van der Waals surface area contributed by atoms with Gasteiger partial charge in [-0.3, -0.25) is 14.6 Å². The number of fused-ring (bicyclic) bond motifs is 2. The average molecular weight is 480 g/mol. The van der Waals surface area contributed by atoms with Gasteiger partial charge in [0, 0.05) is 36.8 Å². The maximum atomic E-state index is 13.3. The number of hydrogen-bond acceptors (Lipinski definition) is 8. The molecule has 0 spiro atoms. The van der Waals surface area contributed by atoms with Crippen molar-refractivity contribution in [2.24, 2.45) is 10.9 Å². The quantitative estimate of drug-likeness (QED) is 0.484. The number of anilines is 1.